The largest absolute Gasteiger partial charge is 0.305 e. The van der Waals surface area contributed by atoms with Gasteiger partial charge in [0.05, 0.1) is 5.69 Å². The summed E-state index contributed by atoms with van der Waals surface area (Å²) in [6.45, 7) is 2.10. The van der Waals surface area contributed by atoms with Crippen LogP contribution in [0.25, 0.3) is 0 Å². The summed E-state index contributed by atoms with van der Waals surface area (Å²) in [6.07, 6.45) is 7.09. The summed E-state index contributed by atoms with van der Waals surface area (Å²) in [4.78, 5) is 4.49. The number of fused-ring (bicyclic) bond motifs is 1. The molecule has 0 spiro atoms. The van der Waals surface area contributed by atoms with Gasteiger partial charge in [-0.3, -0.25) is 9.19 Å². The predicted octanol–water partition coefficient (Wildman–Crippen LogP) is 1.82. The third-order valence-electron chi connectivity index (χ3n) is 3.17. The lowest BCUT2D eigenvalue weighted by Crippen LogP contribution is -2.36. The number of nitrogens with one attached hydrogen (secondary N) is 1. The van der Waals surface area contributed by atoms with Crippen molar-refractivity contribution in [1.82, 2.24) is 10.3 Å². The lowest BCUT2D eigenvalue weighted by molar-refractivity contribution is 0.415. The molecule has 3 atom stereocenters. The van der Waals surface area contributed by atoms with Crippen molar-refractivity contribution < 1.29 is 4.21 Å². The number of nitrogens with zero attached hydrogens (tertiary/aromatic N) is 1. The topological polar surface area (TPSA) is 42.0 Å². The molecule has 0 saturated heterocycles. The summed E-state index contributed by atoms with van der Waals surface area (Å²) in [7, 11) is -0.741. The molecule has 0 amide bonds. The molecule has 1 aliphatic carbocycles. The van der Waals surface area contributed by atoms with Crippen LogP contribution in [0.15, 0.2) is 18.3 Å². The van der Waals surface area contributed by atoms with Gasteiger partial charge >= 0.3 is 0 Å². The summed E-state index contributed by atoms with van der Waals surface area (Å²) >= 11 is 0. The molecule has 1 aromatic heterocycles. The van der Waals surface area contributed by atoms with Crippen molar-refractivity contribution >= 4 is 10.8 Å². The van der Waals surface area contributed by atoms with E-state index < -0.39 is 10.8 Å². The van der Waals surface area contributed by atoms with Crippen LogP contribution in [0.2, 0.25) is 0 Å². The number of hydrogen-bond acceptors (Lipinski definition) is 3. The van der Waals surface area contributed by atoms with E-state index in [4.69, 9.17) is 0 Å². The lowest BCUT2D eigenvalue weighted by atomic mass is 9.91. The van der Waals surface area contributed by atoms with Crippen LogP contribution in [0.1, 0.15) is 37.1 Å². The maximum Gasteiger partial charge on any atom is 0.0605 e. The fourth-order valence-electron chi connectivity index (χ4n) is 2.52. The first-order valence-corrected chi connectivity index (χ1v) is 7.89. The van der Waals surface area contributed by atoms with Gasteiger partial charge in [-0.1, -0.05) is 6.07 Å². The second kappa shape index (κ2) is 5.74. The highest BCUT2D eigenvalue weighted by atomic mass is 32.2. The van der Waals surface area contributed by atoms with Crippen molar-refractivity contribution in [2.24, 2.45) is 0 Å². The van der Waals surface area contributed by atoms with Crippen LogP contribution < -0.4 is 5.32 Å². The van der Waals surface area contributed by atoms with E-state index in [1.807, 2.05) is 12.3 Å². The molecule has 4 heteroatoms. The Morgan fingerprint density at radius 2 is 2.47 bits per heavy atom. The van der Waals surface area contributed by atoms with E-state index in [1.54, 1.807) is 6.26 Å². The normalized spacial score (nSPS) is 22.8. The van der Waals surface area contributed by atoms with Gasteiger partial charge < -0.3 is 5.32 Å². The van der Waals surface area contributed by atoms with E-state index in [9.17, 15) is 4.21 Å². The highest BCUT2D eigenvalue weighted by Crippen LogP contribution is 2.27. The molecule has 1 aliphatic rings. The van der Waals surface area contributed by atoms with Crippen molar-refractivity contribution in [3.8, 4) is 0 Å². The monoisotopic (exact) mass is 252 g/mol. The number of rotatable bonds is 4. The molecule has 0 fully saturated rings. The number of aromatic nitrogens is 1. The standard InChI is InChI=1S/C13H20N2OS/c1-10(9-17(2)16)15-12-7-3-5-11-6-4-8-14-13(11)12/h4,6,8,10,12,15H,3,5,7,9H2,1-2H3. The molecule has 0 saturated carbocycles. The minimum Gasteiger partial charge on any atom is -0.305 e. The fourth-order valence-corrected chi connectivity index (χ4v) is 3.32. The highest BCUT2D eigenvalue weighted by molar-refractivity contribution is 7.84. The Balaban J connectivity index is 2.05. The SMILES string of the molecule is CC(CS(C)=O)NC1CCCc2cccnc21. The second-order valence-corrected chi connectivity index (χ2v) is 6.28. The number of aryl methyl sites for hydroxylation is 1. The minimum atomic E-state index is -0.741. The van der Waals surface area contributed by atoms with Crippen molar-refractivity contribution in [1.29, 1.82) is 0 Å². The zero-order valence-corrected chi connectivity index (χ0v) is 11.3. The molecule has 2 rings (SSSR count). The van der Waals surface area contributed by atoms with Gasteiger partial charge in [-0.25, -0.2) is 0 Å². The lowest BCUT2D eigenvalue weighted by Gasteiger charge is -2.27. The Morgan fingerprint density at radius 1 is 1.65 bits per heavy atom. The van der Waals surface area contributed by atoms with Gasteiger partial charge in [0.1, 0.15) is 0 Å². The highest BCUT2D eigenvalue weighted by Gasteiger charge is 2.22. The third-order valence-corrected chi connectivity index (χ3v) is 4.13. The molecule has 94 valence electrons. The number of pyridine rings is 1. The van der Waals surface area contributed by atoms with Crippen LogP contribution in [0.4, 0.5) is 0 Å². The van der Waals surface area contributed by atoms with Crippen LogP contribution in [-0.4, -0.2) is 27.2 Å². The van der Waals surface area contributed by atoms with Gasteiger partial charge in [0.25, 0.3) is 0 Å². The Kier molecular flexibility index (Phi) is 4.29. The van der Waals surface area contributed by atoms with Gasteiger partial charge in [-0.05, 0) is 37.8 Å². The second-order valence-electron chi connectivity index (χ2n) is 4.80. The van der Waals surface area contributed by atoms with Gasteiger partial charge in [-0.2, -0.15) is 0 Å². The molecule has 0 bridgehead atoms. The van der Waals surface area contributed by atoms with Crippen LogP contribution in [0.5, 0.6) is 0 Å². The van der Waals surface area contributed by atoms with Crippen LogP contribution in [0, 0.1) is 0 Å². The van der Waals surface area contributed by atoms with E-state index in [2.05, 4.69) is 23.3 Å². The molecule has 0 aromatic carbocycles. The number of hydrogen-bond donors (Lipinski definition) is 1. The van der Waals surface area contributed by atoms with Gasteiger partial charge in [0.15, 0.2) is 0 Å². The molecular weight excluding hydrogens is 232 g/mol. The Labute approximate surface area is 105 Å². The zero-order valence-electron chi connectivity index (χ0n) is 10.5. The maximum absolute atomic E-state index is 11.2. The molecule has 0 aliphatic heterocycles. The molecule has 17 heavy (non-hydrogen) atoms. The minimum absolute atomic E-state index is 0.277. The predicted molar refractivity (Wildman–Crippen MR) is 71.4 cm³/mol. The van der Waals surface area contributed by atoms with Crippen LogP contribution in [0.3, 0.4) is 0 Å². The van der Waals surface area contributed by atoms with Gasteiger partial charge in [0, 0.05) is 41.1 Å². The quantitative estimate of drug-likeness (QED) is 0.888. The summed E-state index contributed by atoms with van der Waals surface area (Å²) in [5.41, 5.74) is 2.55. The van der Waals surface area contributed by atoms with Gasteiger partial charge in [0.2, 0.25) is 0 Å². The first-order valence-electron chi connectivity index (χ1n) is 6.16. The molecule has 1 aromatic rings. The van der Waals surface area contributed by atoms with Crippen molar-refractivity contribution in [2.45, 2.75) is 38.3 Å². The first kappa shape index (κ1) is 12.7. The van der Waals surface area contributed by atoms with E-state index >= 15 is 0 Å². The molecule has 1 N–H and O–H groups in total. The first-order chi connectivity index (χ1) is 8.16. The van der Waals surface area contributed by atoms with E-state index in [0.29, 0.717) is 11.8 Å². The average Bonchev–Trinajstić information content (AvgIpc) is 2.28. The van der Waals surface area contributed by atoms with Crippen molar-refractivity contribution in [2.75, 3.05) is 12.0 Å². The Morgan fingerprint density at radius 3 is 3.24 bits per heavy atom. The molecule has 3 unspecified atom stereocenters. The summed E-state index contributed by atoms with van der Waals surface area (Å²) in [5, 5.41) is 3.55. The molecule has 1 heterocycles. The summed E-state index contributed by atoms with van der Waals surface area (Å²) < 4.78 is 11.2. The average molecular weight is 252 g/mol. The third kappa shape index (κ3) is 3.36. The maximum atomic E-state index is 11.2. The Bertz CT molecular complexity index is 408. The van der Waals surface area contributed by atoms with Crippen LogP contribution in [-0.2, 0) is 17.2 Å². The summed E-state index contributed by atoms with van der Waals surface area (Å²) in [6, 6.07) is 4.78. The zero-order chi connectivity index (χ0) is 12.3. The molecule has 0 radical (unpaired) electrons. The fraction of sp³-hybridized carbons (Fsp3) is 0.615. The van der Waals surface area contributed by atoms with E-state index in [0.717, 1.165) is 12.8 Å². The molecular formula is C13H20N2OS. The van der Waals surface area contributed by atoms with Crippen molar-refractivity contribution in [3.63, 3.8) is 0 Å². The van der Waals surface area contributed by atoms with E-state index in [1.165, 1.54) is 17.7 Å². The van der Waals surface area contributed by atoms with Crippen LogP contribution >= 0.6 is 0 Å². The van der Waals surface area contributed by atoms with Crippen molar-refractivity contribution in [3.05, 3.63) is 29.6 Å². The Hall–Kier alpha value is -0.740. The van der Waals surface area contributed by atoms with E-state index in [-0.39, 0.29) is 6.04 Å². The molecule has 3 nitrogen and oxygen atoms in total. The summed E-state index contributed by atoms with van der Waals surface area (Å²) in [5.74, 6) is 0.707. The smallest absolute Gasteiger partial charge is 0.0605 e. The van der Waals surface area contributed by atoms with Gasteiger partial charge in [-0.15, -0.1) is 0 Å².